The fraction of sp³-hybridized carbons (Fsp3) is 0.192. The van der Waals surface area contributed by atoms with E-state index < -0.39 is 11.7 Å². The number of aromatic nitrogens is 3. The maximum absolute atomic E-state index is 13.9. The van der Waals surface area contributed by atoms with Gasteiger partial charge in [0.2, 0.25) is 0 Å². The second-order valence-corrected chi connectivity index (χ2v) is 7.52. The van der Waals surface area contributed by atoms with Crippen molar-refractivity contribution in [3.8, 4) is 23.1 Å². The Labute approximate surface area is 197 Å². The summed E-state index contributed by atoms with van der Waals surface area (Å²) in [5.74, 6) is -0.467. The van der Waals surface area contributed by atoms with E-state index in [1.165, 1.54) is 12.1 Å². The van der Waals surface area contributed by atoms with Gasteiger partial charge in [0.05, 0.1) is 17.9 Å². The number of aryl methyl sites for hydroxylation is 1. The molecule has 1 N–H and O–H groups in total. The number of rotatable bonds is 9. The summed E-state index contributed by atoms with van der Waals surface area (Å²) in [6.07, 6.45) is 0. The Balaban J connectivity index is 1.58. The van der Waals surface area contributed by atoms with Gasteiger partial charge < -0.3 is 14.8 Å². The average Bonchev–Trinajstić information content (AvgIpc) is 3.27. The van der Waals surface area contributed by atoms with Crippen molar-refractivity contribution in [2.45, 2.75) is 13.8 Å². The first kappa shape index (κ1) is 23.1. The Bertz CT molecular complexity index is 1250. The fourth-order valence-corrected chi connectivity index (χ4v) is 3.29. The third-order valence-corrected chi connectivity index (χ3v) is 5.05. The summed E-state index contributed by atoms with van der Waals surface area (Å²) in [7, 11) is 0. The lowest BCUT2D eigenvalue weighted by molar-refractivity contribution is 0.102. The van der Waals surface area contributed by atoms with Gasteiger partial charge in [0, 0.05) is 17.9 Å². The molecule has 7 nitrogen and oxygen atoms in total. The number of halogens is 1. The van der Waals surface area contributed by atoms with Gasteiger partial charge in [0.25, 0.3) is 5.91 Å². The molecule has 8 heteroatoms. The molecule has 4 aromatic rings. The van der Waals surface area contributed by atoms with Crippen LogP contribution >= 0.6 is 0 Å². The topological polar surface area (TPSA) is 78.3 Å². The van der Waals surface area contributed by atoms with Crippen LogP contribution in [-0.4, -0.2) is 40.5 Å². The molecule has 0 aliphatic carbocycles. The molecule has 0 radical (unpaired) electrons. The highest BCUT2D eigenvalue weighted by Crippen LogP contribution is 2.25. The molecule has 1 aromatic heterocycles. The minimum atomic E-state index is -0.571. The molecule has 0 spiro atoms. The number of hydrogen-bond acceptors (Lipinski definition) is 5. The number of carbonyl (C=O) groups excluding carboxylic acids is 1. The molecule has 0 bridgehead atoms. The van der Waals surface area contributed by atoms with Crippen LogP contribution in [0.15, 0.2) is 72.8 Å². The number of hydrogen-bond donors (Lipinski definition) is 1. The summed E-state index contributed by atoms with van der Waals surface area (Å²) in [5, 5.41) is 7.23. The number of carbonyl (C=O) groups is 1. The summed E-state index contributed by atoms with van der Waals surface area (Å²) < 4.78 is 26.6. The molecule has 0 aliphatic heterocycles. The summed E-state index contributed by atoms with van der Waals surface area (Å²) >= 11 is 0. The zero-order chi connectivity index (χ0) is 23.9. The number of anilines is 1. The maximum Gasteiger partial charge on any atom is 0.336 e. The first-order chi connectivity index (χ1) is 16.5. The second kappa shape index (κ2) is 10.7. The van der Waals surface area contributed by atoms with Gasteiger partial charge in [-0.1, -0.05) is 42.0 Å². The van der Waals surface area contributed by atoms with Crippen LogP contribution in [0.25, 0.3) is 17.1 Å². The molecule has 4 rings (SSSR count). The van der Waals surface area contributed by atoms with E-state index in [1.54, 1.807) is 41.1 Å². The Kier molecular flexibility index (Phi) is 7.29. The van der Waals surface area contributed by atoms with Crippen molar-refractivity contribution in [3.63, 3.8) is 0 Å². The second-order valence-electron chi connectivity index (χ2n) is 7.52. The van der Waals surface area contributed by atoms with Gasteiger partial charge in [-0.3, -0.25) is 4.79 Å². The Hall–Kier alpha value is -4.04. The predicted molar refractivity (Wildman–Crippen MR) is 128 cm³/mol. The molecule has 0 saturated heterocycles. The molecule has 0 unspecified atom stereocenters. The van der Waals surface area contributed by atoms with Crippen molar-refractivity contribution in [1.29, 1.82) is 0 Å². The fourth-order valence-electron chi connectivity index (χ4n) is 3.29. The highest BCUT2D eigenvalue weighted by molar-refractivity contribution is 6.04. The smallest absolute Gasteiger partial charge is 0.336 e. The number of ether oxygens (including phenoxy) is 2. The predicted octanol–water partition coefficient (Wildman–Crippen LogP) is 5.05. The molecule has 0 aliphatic rings. The molecule has 174 valence electrons. The lowest BCUT2D eigenvalue weighted by Gasteiger charge is -2.09. The molecular formula is C26H25FN4O3. The third kappa shape index (κ3) is 5.47. The van der Waals surface area contributed by atoms with Crippen molar-refractivity contribution >= 4 is 11.6 Å². The van der Waals surface area contributed by atoms with Crippen LogP contribution in [0.4, 0.5) is 10.1 Å². The molecule has 0 saturated carbocycles. The van der Waals surface area contributed by atoms with E-state index in [4.69, 9.17) is 9.47 Å². The zero-order valence-electron chi connectivity index (χ0n) is 19.0. The zero-order valence-corrected chi connectivity index (χ0v) is 19.0. The maximum atomic E-state index is 13.9. The summed E-state index contributed by atoms with van der Waals surface area (Å²) in [5.41, 5.74) is 3.26. The Morgan fingerprint density at radius 2 is 1.74 bits per heavy atom. The number of benzene rings is 3. The van der Waals surface area contributed by atoms with Crippen LogP contribution in [0.3, 0.4) is 0 Å². The van der Waals surface area contributed by atoms with E-state index in [2.05, 4.69) is 15.4 Å². The molecule has 34 heavy (non-hydrogen) atoms. The SMILES string of the molecule is CCOCCOc1nc(-c2ccc(C)cc2)n(-c2ccc(NC(=O)c3ccccc3F)cc2)n1. The number of nitrogens with one attached hydrogen (secondary N) is 1. The van der Waals surface area contributed by atoms with Crippen molar-refractivity contribution in [1.82, 2.24) is 14.8 Å². The first-order valence-electron chi connectivity index (χ1n) is 11.0. The highest BCUT2D eigenvalue weighted by atomic mass is 19.1. The first-order valence-corrected chi connectivity index (χ1v) is 11.0. The molecule has 3 aromatic carbocycles. The van der Waals surface area contributed by atoms with Crippen LogP contribution in [-0.2, 0) is 4.74 Å². The van der Waals surface area contributed by atoms with Gasteiger partial charge in [0.1, 0.15) is 12.4 Å². The van der Waals surface area contributed by atoms with E-state index >= 15 is 0 Å². The van der Waals surface area contributed by atoms with Gasteiger partial charge >= 0.3 is 6.01 Å². The van der Waals surface area contributed by atoms with Crippen molar-refractivity contribution in [2.24, 2.45) is 0 Å². The van der Waals surface area contributed by atoms with Crippen LogP contribution in [0.2, 0.25) is 0 Å². The molecule has 0 fully saturated rings. The lowest BCUT2D eigenvalue weighted by Crippen LogP contribution is -2.13. The van der Waals surface area contributed by atoms with E-state index in [9.17, 15) is 9.18 Å². The van der Waals surface area contributed by atoms with Crippen molar-refractivity contribution in [3.05, 3.63) is 89.7 Å². The van der Waals surface area contributed by atoms with Crippen molar-refractivity contribution in [2.75, 3.05) is 25.1 Å². The molecular weight excluding hydrogens is 435 g/mol. The quantitative estimate of drug-likeness (QED) is 0.354. The summed E-state index contributed by atoms with van der Waals surface area (Å²) in [6.45, 7) is 5.34. The normalized spacial score (nSPS) is 10.8. The Morgan fingerprint density at radius 1 is 1.00 bits per heavy atom. The summed E-state index contributed by atoms with van der Waals surface area (Å²) in [6, 6.07) is 21.1. The van der Waals surface area contributed by atoms with E-state index in [0.29, 0.717) is 31.3 Å². The van der Waals surface area contributed by atoms with Gasteiger partial charge in [-0.15, -0.1) is 5.10 Å². The number of amides is 1. The molecule has 0 atom stereocenters. The van der Waals surface area contributed by atoms with Crippen LogP contribution in [0.5, 0.6) is 6.01 Å². The minimum Gasteiger partial charge on any atom is -0.460 e. The van der Waals surface area contributed by atoms with Gasteiger partial charge in [-0.2, -0.15) is 4.98 Å². The van der Waals surface area contributed by atoms with Crippen LogP contribution in [0, 0.1) is 12.7 Å². The third-order valence-electron chi connectivity index (χ3n) is 5.05. The number of nitrogens with zero attached hydrogens (tertiary/aromatic N) is 3. The van der Waals surface area contributed by atoms with Gasteiger partial charge in [-0.25, -0.2) is 9.07 Å². The molecule has 1 amide bonds. The van der Waals surface area contributed by atoms with E-state index in [1.807, 2.05) is 38.1 Å². The minimum absolute atomic E-state index is 0.0154. The molecule has 1 heterocycles. The largest absolute Gasteiger partial charge is 0.460 e. The standard InChI is InChI=1S/C26H25FN4O3/c1-3-33-16-17-34-26-29-24(19-10-8-18(2)9-11-19)31(30-26)21-14-12-20(13-15-21)28-25(32)22-6-4-5-7-23(22)27/h4-15H,3,16-17H2,1-2H3,(H,28,32). The lowest BCUT2D eigenvalue weighted by atomic mass is 10.1. The monoisotopic (exact) mass is 460 g/mol. The van der Waals surface area contributed by atoms with Gasteiger partial charge in [0.15, 0.2) is 5.82 Å². The summed E-state index contributed by atoms with van der Waals surface area (Å²) in [4.78, 5) is 17.0. The van der Waals surface area contributed by atoms with E-state index in [0.717, 1.165) is 16.8 Å². The van der Waals surface area contributed by atoms with Crippen LogP contribution < -0.4 is 10.1 Å². The van der Waals surface area contributed by atoms with Gasteiger partial charge in [-0.05, 0) is 50.2 Å². The van der Waals surface area contributed by atoms with Crippen molar-refractivity contribution < 1.29 is 18.7 Å². The van der Waals surface area contributed by atoms with E-state index in [-0.39, 0.29) is 11.6 Å². The highest BCUT2D eigenvalue weighted by Gasteiger charge is 2.16. The average molecular weight is 461 g/mol. The van der Waals surface area contributed by atoms with Crippen LogP contribution in [0.1, 0.15) is 22.8 Å². The Morgan fingerprint density at radius 3 is 2.44 bits per heavy atom.